The van der Waals surface area contributed by atoms with Crippen molar-refractivity contribution >= 4 is 45.6 Å². The molecule has 0 spiro atoms. The molecule has 33 heavy (non-hydrogen) atoms. The van der Waals surface area contributed by atoms with Crippen LogP contribution in [-0.2, 0) is 6.61 Å². The second-order valence-corrected chi connectivity index (χ2v) is 8.20. The molecule has 0 atom stereocenters. The average molecular weight is 474 g/mol. The highest BCUT2D eigenvalue weighted by molar-refractivity contribution is 6.33. The molecule has 0 radical (unpaired) electrons. The van der Waals surface area contributed by atoms with Crippen LogP contribution in [0.2, 0.25) is 10.0 Å². The molecule has 0 aliphatic rings. The van der Waals surface area contributed by atoms with E-state index < -0.39 is 0 Å². The van der Waals surface area contributed by atoms with Crippen LogP contribution in [0.25, 0.3) is 22.4 Å². The molecule has 0 N–H and O–H groups in total. The lowest BCUT2D eigenvalue weighted by Gasteiger charge is -2.15. The number of ether oxygens (including phenoxy) is 2. The third-order valence-electron chi connectivity index (χ3n) is 5.12. The molecule has 0 aliphatic carbocycles. The third kappa shape index (κ3) is 5.31. The second-order valence-electron chi connectivity index (χ2n) is 7.38. The lowest BCUT2D eigenvalue weighted by molar-refractivity contribution is 0.269. The number of rotatable bonds is 7. The molecule has 164 valence electrons. The topological polar surface area (TPSA) is 42.2 Å². The Kier molecular flexibility index (Phi) is 7.19. The van der Waals surface area contributed by atoms with Crippen molar-refractivity contribution < 1.29 is 9.47 Å². The molecule has 0 fully saturated rings. The highest BCUT2D eigenvalue weighted by Gasteiger charge is 2.14. The van der Waals surface area contributed by atoms with E-state index in [2.05, 4.69) is 30.3 Å². The minimum atomic E-state index is 0.350. The van der Waals surface area contributed by atoms with Crippen LogP contribution in [-0.4, -0.2) is 6.61 Å². The molecular weight excluding hydrogens is 453 g/mol. The van der Waals surface area contributed by atoms with E-state index in [-0.39, 0.29) is 0 Å². The number of allylic oxidation sites excluding steroid dienone is 1. The predicted molar refractivity (Wildman–Crippen MR) is 136 cm³/mol. The second kappa shape index (κ2) is 10.4. The fraction of sp³-hybridized carbons (Fsp3) is 0.107. The van der Waals surface area contributed by atoms with Gasteiger partial charge in [0.25, 0.3) is 0 Å². The summed E-state index contributed by atoms with van der Waals surface area (Å²) >= 11 is 12.9. The molecule has 0 saturated heterocycles. The summed E-state index contributed by atoms with van der Waals surface area (Å²) in [5.41, 5.74) is 2.84. The number of fused-ring (bicyclic) bond motifs is 1. The van der Waals surface area contributed by atoms with Crippen molar-refractivity contribution in [2.24, 2.45) is 0 Å². The summed E-state index contributed by atoms with van der Waals surface area (Å²) in [4.78, 5) is 0. The van der Waals surface area contributed by atoms with Gasteiger partial charge in [0.15, 0.2) is 11.5 Å². The lowest BCUT2D eigenvalue weighted by Crippen LogP contribution is -2.01. The van der Waals surface area contributed by atoms with Crippen LogP contribution >= 0.6 is 23.2 Å². The van der Waals surface area contributed by atoms with Gasteiger partial charge in [-0.3, -0.25) is 0 Å². The maximum Gasteiger partial charge on any atom is 0.180 e. The largest absolute Gasteiger partial charge is 0.490 e. The van der Waals surface area contributed by atoms with Gasteiger partial charge in [-0.15, -0.1) is 0 Å². The van der Waals surface area contributed by atoms with Gasteiger partial charge in [0.1, 0.15) is 6.61 Å². The summed E-state index contributed by atoms with van der Waals surface area (Å²) in [5.74, 6) is 0.994. The quantitative estimate of drug-likeness (QED) is 0.200. The van der Waals surface area contributed by atoms with Crippen LogP contribution in [0.3, 0.4) is 0 Å². The van der Waals surface area contributed by atoms with Crippen LogP contribution < -0.4 is 9.47 Å². The van der Waals surface area contributed by atoms with Crippen LogP contribution in [0.15, 0.2) is 78.9 Å². The fourth-order valence-corrected chi connectivity index (χ4v) is 4.09. The number of hydrogen-bond acceptors (Lipinski definition) is 3. The Bertz CT molecular complexity index is 1370. The van der Waals surface area contributed by atoms with E-state index in [1.54, 1.807) is 18.2 Å². The Morgan fingerprint density at radius 3 is 2.39 bits per heavy atom. The number of halogens is 2. The van der Waals surface area contributed by atoms with Gasteiger partial charge in [0.05, 0.1) is 23.3 Å². The fourth-order valence-electron chi connectivity index (χ4n) is 3.57. The molecule has 4 aromatic rings. The average Bonchev–Trinajstić information content (AvgIpc) is 2.82. The Labute approximate surface area is 203 Å². The monoisotopic (exact) mass is 473 g/mol. The summed E-state index contributed by atoms with van der Waals surface area (Å²) in [5, 5.41) is 12.9. The molecule has 4 aromatic carbocycles. The first-order valence-corrected chi connectivity index (χ1v) is 11.3. The van der Waals surface area contributed by atoms with Gasteiger partial charge in [0.2, 0.25) is 0 Å². The van der Waals surface area contributed by atoms with Crippen molar-refractivity contribution in [3.8, 4) is 17.6 Å². The summed E-state index contributed by atoms with van der Waals surface area (Å²) in [6.45, 7) is 2.70. The van der Waals surface area contributed by atoms with E-state index in [1.165, 1.54) is 5.39 Å². The molecule has 0 amide bonds. The lowest BCUT2D eigenvalue weighted by atomic mass is 10.0. The van der Waals surface area contributed by atoms with Gasteiger partial charge in [-0.2, -0.15) is 5.26 Å². The van der Waals surface area contributed by atoms with Crippen molar-refractivity contribution in [3.63, 3.8) is 0 Å². The summed E-state index contributed by atoms with van der Waals surface area (Å²) in [6.07, 6.45) is 1.74. The number of nitriles is 1. The first-order chi connectivity index (χ1) is 16.1. The van der Waals surface area contributed by atoms with E-state index in [9.17, 15) is 5.26 Å². The van der Waals surface area contributed by atoms with E-state index in [0.29, 0.717) is 45.9 Å². The SMILES string of the molecule is CCOc1cc(C=C(C#N)c2ccccc2Cl)cc(Cl)c1OCc1ccc2ccccc2c1. The predicted octanol–water partition coefficient (Wildman–Crippen LogP) is 8.19. The number of nitrogens with zero attached hydrogens (tertiary/aromatic N) is 1. The number of hydrogen-bond donors (Lipinski definition) is 0. The highest BCUT2D eigenvalue weighted by Crippen LogP contribution is 2.38. The normalized spacial score (nSPS) is 11.3. The Morgan fingerprint density at radius 1 is 0.879 bits per heavy atom. The number of benzene rings is 4. The summed E-state index contributed by atoms with van der Waals surface area (Å²) < 4.78 is 11.9. The molecule has 0 bridgehead atoms. The molecule has 0 aliphatic heterocycles. The smallest absolute Gasteiger partial charge is 0.180 e. The zero-order chi connectivity index (χ0) is 23.2. The minimum Gasteiger partial charge on any atom is -0.490 e. The Morgan fingerprint density at radius 2 is 1.64 bits per heavy atom. The molecule has 0 unspecified atom stereocenters. The van der Waals surface area contributed by atoms with Crippen LogP contribution in [0.1, 0.15) is 23.6 Å². The highest BCUT2D eigenvalue weighted by atomic mass is 35.5. The Balaban J connectivity index is 1.64. The molecular formula is C28H21Cl2NO2. The molecule has 0 aromatic heterocycles. The molecule has 3 nitrogen and oxygen atoms in total. The van der Waals surface area contributed by atoms with Gasteiger partial charge in [-0.1, -0.05) is 77.8 Å². The summed E-state index contributed by atoms with van der Waals surface area (Å²) in [7, 11) is 0. The zero-order valence-electron chi connectivity index (χ0n) is 18.0. The van der Waals surface area contributed by atoms with Crippen molar-refractivity contribution in [2.75, 3.05) is 6.61 Å². The first-order valence-electron chi connectivity index (χ1n) is 10.5. The van der Waals surface area contributed by atoms with Crippen molar-refractivity contribution in [1.82, 2.24) is 0 Å². The van der Waals surface area contributed by atoms with E-state index in [4.69, 9.17) is 32.7 Å². The van der Waals surface area contributed by atoms with E-state index >= 15 is 0 Å². The van der Waals surface area contributed by atoms with E-state index in [0.717, 1.165) is 16.5 Å². The standard InChI is InChI=1S/C28H21Cl2NO2/c1-2-32-27-16-20(14-23(17-31)24-9-5-6-10-25(24)29)15-26(30)28(27)33-18-19-11-12-21-7-3-4-8-22(21)13-19/h3-16H,2,18H2,1H3. The van der Waals surface area contributed by atoms with Crippen molar-refractivity contribution in [3.05, 3.63) is 106 Å². The van der Waals surface area contributed by atoms with Crippen LogP contribution in [0.4, 0.5) is 0 Å². The first kappa shape index (κ1) is 22.7. The maximum atomic E-state index is 9.68. The van der Waals surface area contributed by atoms with Crippen LogP contribution in [0.5, 0.6) is 11.5 Å². The third-order valence-corrected chi connectivity index (χ3v) is 5.73. The van der Waals surface area contributed by atoms with Gasteiger partial charge >= 0.3 is 0 Å². The molecule has 0 saturated carbocycles. The van der Waals surface area contributed by atoms with Crippen molar-refractivity contribution in [2.45, 2.75) is 13.5 Å². The van der Waals surface area contributed by atoms with Crippen molar-refractivity contribution in [1.29, 1.82) is 5.26 Å². The van der Waals surface area contributed by atoms with E-state index in [1.807, 2.05) is 49.4 Å². The molecule has 5 heteroatoms. The minimum absolute atomic E-state index is 0.350. The maximum absolute atomic E-state index is 9.68. The molecule has 4 rings (SSSR count). The summed E-state index contributed by atoms with van der Waals surface area (Å²) in [6, 6.07) is 27.4. The Hall–Kier alpha value is -3.45. The van der Waals surface area contributed by atoms with Gasteiger partial charge < -0.3 is 9.47 Å². The van der Waals surface area contributed by atoms with Gasteiger partial charge in [0, 0.05) is 10.6 Å². The zero-order valence-corrected chi connectivity index (χ0v) is 19.5. The van der Waals surface area contributed by atoms with Gasteiger partial charge in [-0.25, -0.2) is 0 Å². The van der Waals surface area contributed by atoms with Crippen LogP contribution in [0, 0.1) is 11.3 Å². The molecule has 0 heterocycles. The van der Waals surface area contributed by atoms with Gasteiger partial charge in [-0.05, 0) is 59.2 Å².